The van der Waals surface area contributed by atoms with E-state index in [9.17, 15) is 9.59 Å². The summed E-state index contributed by atoms with van der Waals surface area (Å²) in [5.41, 5.74) is 0. The molecule has 0 bridgehead atoms. The molecule has 14 heavy (non-hydrogen) atoms. The molecule has 0 aliphatic rings. The lowest BCUT2D eigenvalue weighted by atomic mass is 10.1. The zero-order valence-electron chi connectivity index (χ0n) is 9.08. The van der Waals surface area contributed by atoms with Gasteiger partial charge >= 0.3 is 0 Å². The smallest absolute Gasteiger partial charge is 0.293 e. The molecule has 0 rings (SSSR count). The van der Waals surface area contributed by atoms with Gasteiger partial charge < -0.3 is 10.1 Å². The van der Waals surface area contributed by atoms with Gasteiger partial charge in [0, 0.05) is 18.4 Å². The lowest BCUT2D eigenvalue weighted by Crippen LogP contribution is -2.36. The van der Waals surface area contributed by atoms with E-state index in [2.05, 4.69) is 10.1 Å². The second-order valence-corrected chi connectivity index (χ2v) is 3.47. The number of nitrogens with one attached hydrogen (secondary N) is 1. The molecule has 0 aromatic rings. The van der Waals surface area contributed by atoms with Gasteiger partial charge in [-0.2, -0.15) is 0 Å². The number of rotatable bonds is 7. The summed E-state index contributed by atoms with van der Waals surface area (Å²) in [7, 11) is 0. The molecule has 0 saturated heterocycles. The fourth-order valence-corrected chi connectivity index (χ4v) is 0.936. The molecule has 2 atom stereocenters. The topological polar surface area (TPSA) is 55.4 Å². The van der Waals surface area contributed by atoms with Gasteiger partial charge in [0.2, 0.25) is 5.91 Å². The Kier molecular flexibility index (Phi) is 6.80. The molecule has 2 unspecified atom stereocenters. The maximum Gasteiger partial charge on any atom is 0.293 e. The highest BCUT2D eigenvalue weighted by molar-refractivity contribution is 5.78. The minimum Gasteiger partial charge on any atom is -0.468 e. The van der Waals surface area contributed by atoms with Gasteiger partial charge in [-0.3, -0.25) is 9.59 Å². The van der Waals surface area contributed by atoms with Crippen molar-refractivity contribution in [3.63, 3.8) is 0 Å². The fraction of sp³-hybridized carbons (Fsp3) is 0.800. The maximum atomic E-state index is 11.4. The number of ether oxygens (including phenoxy) is 1. The van der Waals surface area contributed by atoms with Crippen LogP contribution in [0.1, 0.15) is 33.6 Å². The summed E-state index contributed by atoms with van der Waals surface area (Å²) < 4.78 is 4.54. The van der Waals surface area contributed by atoms with Crippen molar-refractivity contribution in [3.8, 4) is 0 Å². The first-order valence-electron chi connectivity index (χ1n) is 4.97. The molecule has 1 N–H and O–H groups in total. The highest BCUT2D eigenvalue weighted by atomic mass is 16.5. The van der Waals surface area contributed by atoms with Gasteiger partial charge in [0.1, 0.15) is 0 Å². The average molecular weight is 201 g/mol. The van der Waals surface area contributed by atoms with Gasteiger partial charge in [0.25, 0.3) is 6.47 Å². The minimum atomic E-state index is 0.0458. The highest BCUT2D eigenvalue weighted by Gasteiger charge is 2.12. The molecule has 0 radical (unpaired) electrons. The van der Waals surface area contributed by atoms with Gasteiger partial charge in [0.05, 0.1) is 6.61 Å². The van der Waals surface area contributed by atoms with Crippen molar-refractivity contribution in [1.82, 2.24) is 5.32 Å². The third-order valence-corrected chi connectivity index (χ3v) is 2.19. The van der Waals surface area contributed by atoms with Crippen molar-refractivity contribution >= 4 is 12.4 Å². The summed E-state index contributed by atoms with van der Waals surface area (Å²) in [4.78, 5) is 21.2. The Morgan fingerprint density at radius 2 is 2.14 bits per heavy atom. The standard InChI is InChI=1S/C10H19NO3/c1-4-8(2)10(13)11-9(3)5-6-14-7-12/h7-9H,4-6H2,1-3H3,(H,11,13). The van der Waals surface area contributed by atoms with E-state index < -0.39 is 0 Å². The van der Waals surface area contributed by atoms with Gasteiger partial charge in [0.15, 0.2) is 0 Å². The Morgan fingerprint density at radius 1 is 1.50 bits per heavy atom. The van der Waals surface area contributed by atoms with Crippen LogP contribution in [0.25, 0.3) is 0 Å². The Hall–Kier alpha value is -1.06. The first-order chi connectivity index (χ1) is 6.61. The summed E-state index contributed by atoms with van der Waals surface area (Å²) in [6.45, 7) is 6.54. The SMILES string of the molecule is CCC(C)C(=O)NC(C)CCOC=O. The molecular weight excluding hydrogens is 182 g/mol. The van der Waals surface area contributed by atoms with Crippen LogP contribution in [0.3, 0.4) is 0 Å². The van der Waals surface area contributed by atoms with Crippen LogP contribution < -0.4 is 5.32 Å². The van der Waals surface area contributed by atoms with Crippen LogP contribution in [0, 0.1) is 5.92 Å². The summed E-state index contributed by atoms with van der Waals surface area (Å²) in [5, 5.41) is 2.85. The molecule has 0 spiro atoms. The molecule has 4 nitrogen and oxygen atoms in total. The third kappa shape index (κ3) is 5.56. The molecule has 0 aromatic heterocycles. The quantitative estimate of drug-likeness (QED) is 0.495. The largest absolute Gasteiger partial charge is 0.468 e. The van der Waals surface area contributed by atoms with Gasteiger partial charge in [-0.15, -0.1) is 0 Å². The van der Waals surface area contributed by atoms with Crippen molar-refractivity contribution in [2.45, 2.75) is 39.7 Å². The normalized spacial score (nSPS) is 14.2. The Labute approximate surface area is 85.0 Å². The zero-order chi connectivity index (χ0) is 11.0. The van der Waals surface area contributed by atoms with Crippen molar-refractivity contribution in [2.24, 2.45) is 5.92 Å². The first kappa shape index (κ1) is 12.9. The Bertz CT molecular complexity index is 182. The van der Waals surface area contributed by atoms with Crippen molar-refractivity contribution < 1.29 is 14.3 Å². The zero-order valence-corrected chi connectivity index (χ0v) is 9.08. The van der Waals surface area contributed by atoms with Crippen LogP contribution in [0.5, 0.6) is 0 Å². The maximum absolute atomic E-state index is 11.4. The van der Waals surface area contributed by atoms with Crippen LogP contribution in [-0.4, -0.2) is 25.0 Å². The summed E-state index contributed by atoms with van der Waals surface area (Å²) in [6, 6.07) is 0.0523. The molecule has 0 aliphatic heterocycles. The fourth-order valence-electron chi connectivity index (χ4n) is 0.936. The third-order valence-electron chi connectivity index (χ3n) is 2.19. The van der Waals surface area contributed by atoms with Gasteiger partial charge in [-0.05, 0) is 13.3 Å². The van der Waals surface area contributed by atoms with Gasteiger partial charge in [-0.25, -0.2) is 0 Å². The Morgan fingerprint density at radius 3 is 2.64 bits per heavy atom. The van der Waals surface area contributed by atoms with Crippen molar-refractivity contribution in [1.29, 1.82) is 0 Å². The summed E-state index contributed by atoms with van der Waals surface area (Å²) in [6.07, 6.45) is 1.49. The molecule has 0 aliphatic carbocycles. The molecule has 0 aromatic carbocycles. The molecular formula is C10H19NO3. The number of hydrogen-bond acceptors (Lipinski definition) is 3. The number of amides is 1. The lowest BCUT2D eigenvalue weighted by Gasteiger charge is -2.15. The predicted octanol–water partition coefficient (Wildman–Crippen LogP) is 1.10. The van der Waals surface area contributed by atoms with Crippen molar-refractivity contribution in [3.05, 3.63) is 0 Å². The highest BCUT2D eigenvalue weighted by Crippen LogP contribution is 2.01. The van der Waals surface area contributed by atoms with Crippen LogP contribution in [-0.2, 0) is 14.3 Å². The van der Waals surface area contributed by atoms with E-state index in [1.165, 1.54) is 0 Å². The van der Waals surface area contributed by atoms with E-state index in [0.29, 0.717) is 19.5 Å². The molecule has 82 valence electrons. The van der Waals surface area contributed by atoms with Crippen LogP contribution in [0.4, 0.5) is 0 Å². The van der Waals surface area contributed by atoms with Crippen molar-refractivity contribution in [2.75, 3.05) is 6.61 Å². The summed E-state index contributed by atoms with van der Waals surface area (Å²) >= 11 is 0. The number of hydrogen-bond donors (Lipinski definition) is 1. The van der Waals surface area contributed by atoms with E-state index in [-0.39, 0.29) is 17.9 Å². The second kappa shape index (κ2) is 7.35. The minimum absolute atomic E-state index is 0.0458. The van der Waals surface area contributed by atoms with E-state index in [1.54, 1.807) is 0 Å². The molecule has 4 heteroatoms. The molecule has 1 amide bonds. The average Bonchev–Trinajstić information content (AvgIpc) is 2.16. The van der Waals surface area contributed by atoms with E-state index in [4.69, 9.17) is 0 Å². The van der Waals surface area contributed by atoms with E-state index >= 15 is 0 Å². The molecule has 0 heterocycles. The number of carbonyl (C=O) groups excluding carboxylic acids is 2. The van der Waals surface area contributed by atoms with Gasteiger partial charge in [-0.1, -0.05) is 13.8 Å². The monoisotopic (exact) mass is 201 g/mol. The van der Waals surface area contributed by atoms with E-state index in [1.807, 2.05) is 20.8 Å². The van der Waals surface area contributed by atoms with Crippen LogP contribution in [0.2, 0.25) is 0 Å². The van der Waals surface area contributed by atoms with Crippen LogP contribution in [0.15, 0.2) is 0 Å². The number of carbonyl (C=O) groups is 2. The van der Waals surface area contributed by atoms with Crippen LogP contribution >= 0.6 is 0 Å². The first-order valence-corrected chi connectivity index (χ1v) is 4.97. The van der Waals surface area contributed by atoms with E-state index in [0.717, 1.165) is 6.42 Å². The summed E-state index contributed by atoms with van der Waals surface area (Å²) in [5.74, 6) is 0.107. The lowest BCUT2D eigenvalue weighted by molar-refractivity contribution is -0.128. The molecule has 0 fully saturated rings. The molecule has 0 saturated carbocycles. The Balaban J connectivity index is 3.65. The second-order valence-electron chi connectivity index (χ2n) is 3.47. The predicted molar refractivity (Wildman–Crippen MR) is 53.7 cm³/mol.